The monoisotopic (exact) mass is 386 g/mol. The van der Waals surface area contributed by atoms with Gasteiger partial charge < -0.3 is 9.47 Å². The zero-order valence-corrected chi connectivity index (χ0v) is 13.9. The van der Waals surface area contributed by atoms with E-state index in [1.165, 1.54) is 0 Å². The van der Waals surface area contributed by atoms with E-state index in [-0.39, 0.29) is 5.56 Å². The molecule has 8 heteroatoms. The lowest BCUT2D eigenvalue weighted by molar-refractivity contribution is -0.154. The van der Waals surface area contributed by atoms with Crippen LogP contribution in [-0.4, -0.2) is 18.7 Å². The maximum absolute atomic E-state index is 13.8. The number of ether oxygens (including phenoxy) is 2. The van der Waals surface area contributed by atoms with Crippen molar-refractivity contribution in [1.29, 1.82) is 0 Å². The molecule has 1 atom stereocenters. The molecule has 1 aromatic carbocycles. The summed E-state index contributed by atoms with van der Waals surface area (Å²) in [6, 6.07) is 0.975. The largest absolute Gasteiger partial charge is 0.493 e. The normalized spacial score (nSPS) is 13.7. The van der Waals surface area contributed by atoms with E-state index in [4.69, 9.17) is 9.47 Å². The molecule has 3 nitrogen and oxygen atoms in total. The number of carbonyl (C=O) groups is 1. The van der Waals surface area contributed by atoms with Crippen molar-refractivity contribution >= 4 is 21.9 Å². The Kier molecular flexibility index (Phi) is 5.48. The number of alkyl halides is 4. The predicted octanol–water partition coefficient (Wildman–Crippen LogP) is 4.63. The van der Waals surface area contributed by atoms with E-state index in [2.05, 4.69) is 15.9 Å². The molecular formula is C14H15BrF4O3. The van der Waals surface area contributed by atoms with Gasteiger partial charge in [0.1, 0.15) is 10.4 Å². The van der Waals surface area contributed by atoms with E-state index < -0.39 is 39.7 Å². The molecule has 0 saturated heterocycles. The van der Waals surface area contributed by atoms with Crippen LogP contribution in [0.3, 0.4) is 0 Å². The minimum absolute atomic E-state index is 0.288. The van der Waals surface area contributed by atoms with Gasteiger partial charge in [-0.1, -0.05) is 15.9 Å². The van der Waals surface area contributed by atoms with Gasteiger partial charge in [0.05, 0.1) is 12.7 Å². The fourth-order valence-electron chi connectivity index (χ4n) is 1.66. The maximum atomic E-state index is 13.8. The number of hydrogen-bond donors (Lipinski definition) is 0. The molecule has 0 fully saturated rings. The molecule has 1 aromatic rings. The first-order valence-electron chi connectivity index (χ1n) is 6.18. The summed E-state index contributed by atoms with van der Waals surface area (Å²) >= 11 is 2.94. The van der Waals surface area contributed by atoms with Crippen LogP contribution in [0.2, 0.25) is 0 Å². The van der Waals surface area contributed by atoms with E-state index in [0.29, 0.717) is 12.1 Å². The maximum Gasteiger partial charge on any atom is 0.416 e. The molecule has 0 aliphatic heterocycles. The standard InChI is InChI=1S/C14H15BrF4O3/c1-13(2,3)22-12(20)10(15)8-5-7(14(17,18)19)6-9(16)11(8)21-4/h5-6,10H,1-4H3. The Bertz CT molecular complexity index is 564. The van der Waals surface area contributed by atoms with Gasteiger partial charge in [-0.2, -0.15) is 13.2 Å². The van der Waals surface area contributed by atoms with Crippen molar-refractivity contribution in [3.05, 3.63) is 29.1 Å². The molecular weight excluding hydrogens is 372 g/mol. The number of hydrogen-bond acceptors (Lipinski definition) is 3. The topological polar surface area (TPSA) is 35.5 Å². The Morgan fingerprint density at radius 2 is 1.77 bits per heavy atom. The number of rotatable bonds is 3. The second-order valence-corrected chi connectivity index (χ2v) is 6.39. The first kappa shape index (κ1) is 18.7. The number of methoxy groups -OCH3 is 1. The van der Waals surface area contributed by atoms with Crippen LogP contribution >= 0.6 is 15.9 Å². The van der Waals surface area contributed by atoms with E-state index >= 15 is 0 Å². The molecule has 0 aromatic heterocycles. The summed E-state index contributed by atoms with van der Waals surface area (Å²) in [4.78, 5) is 10.7. The van der Waals surface area contributed by atoms with Gasteiger partial charge in [-0.15, -0.1) is 0 Å². The van der Waals surface area contributed by atoms with Crippen molar-refractivity contribution in [2.75, 3.05) is 7.11 Å². The van der Waals surface area contributed by atoms with Crippen molar-refractivity contribution in [3.63, 3.8) is 0 Å². The third kappa shape index (κ3) is 4.59. The molecule has 0 radical (unpaired) electrons. The Labute approximate surface area is 133 Å². The van der Waals surface area contributed by atoms with E-state index in [0.717, 1.165) is 7.11 Å². The third-order valence-electron chi connectivity index (χ3n) is 2.49. The number of halogens is 5. The van der Waals surface area contributed by atoms with Crippen LogP contribution in [0.4, 0.5) is 17.6 Å². The second kappa shape index (κ2) is 6.44. The van der Waals surface area contributed by atoms with E-state index in [1.807, 2.05) is 0 Å². The van der Waals surface area contributed by atoms with Crippen LogP contribution in [0, 0.1) is 5.82 Å². The highest BCUT2D eigenvalue weighted by Gasteiger charge is 2.35. The average Bonchev–Trinajstić information content (AvgIpc) is 2.33. The highest BCUT2D eigenvalue weighted by Crippen LogP contribution is 2.40. The van der Waals surface area contributed by atoms with E-state index in [1.54, 1.807) is 20.8 Å². The van der Waals surface area contributed by atoms with Gasteiger partial charge in [0.15, 0.2) is 11.6 Å². The SMILES string of the molecule is COc1c(F)cc(C(F)(F)F)cc1C(Br)C(=O)OC(C)(C)C. The van der Waals surface area contributed by atoms with Gasteiger partial charge >= 0.3 is 12.1 Å². The molecule has 1 rings (SSSR count). The minimum Gasteiger partial charge on any atom is -0.493 e. The summed E-state index contributed by atoms with van der Waals surface area (Å²) in [6.07, 6.45) is -4.75. The average molecular weight is 387 g/mol. The molecule has 0 saturated carbocycles. The number of carbonyl (C=O) groups excluding carboxylic acids is 1. The summed E-state index contributed by atoms with van der Waals surface area (Å²) in [7, 11) is 1.10. The fourth-order valence-corrected chi connectivity index (χ4v) is 2.10. The lowest BCUT2D eigenvalue weighted by atomic mass is 10.1. The first-order chi connectivity index (χ1) is 9.86. The molecule has 0 heterocycles. The van der Waals surface area contributed by atoms with Crippen molar-refractivity contribution < 1.29 is 31.8 Å². The second-order valence-electron chi connectivity index (χ2n) is 5.47. The smallest absolute Gasteiger partial charge is 0.416 e. The highest BCUT2D eigenvalue weighted by molar-refractivity contribution is 9.09. The van der Waals surface area contributed by atoms with Crippen LogP contribution in [0.15, 0.2) is 12.1 Å². The quantitative estimate of drug-likeness (QED) is 0.431. The molecule has 1 unspecified atom stereocenters. The van der Waals surface area contributed by atoms with Crippen molar-refractivity contribution in [2.45, 2.75) is 37.4 Å². The van der Waals surface area contributed by atoms with Crippen LogP contribution in [0.1, 0.15) is 36.7 Å². The van der Waals surface area contributed by atoms with Crippen LogP contribution in [0.25, 0.3) is 0 Å². The van der Waals surface area contributed by atoms with Crippen molar-refractivity contribution in [2.24, 2.45) is 0 Å². The zero-order chi connectivity index (χ0) is 17.3. The Morgan fingerprint density at radius 1 is 1.23 bits per heavy atom. The van der Waals surface area contributed by atoms with Crippen molar-refractivity contribution in [1.82, 2.24) is 0 Å². The lowest BCUT2D eigenvalue weighted by Gasteiger charge is -2.23. The van der Waals surface area contributed by atoms with Gasteiger partial charge in [-0.25, -0.2) is 4.39 Å². The minimum atomic E-state index is -4.75. The van der Waals surface area contributed by atoms with E-state index in [9.17, 15) is 22.4 Å². The van der Waals surface area contributed by atoms with Gasteiger partial charge in [-0.05, 0) is 32.9 Å². The summed E-state index contributed by atoms with van der Waals surface area (Å²) in [5, 5.41) is 0. The number of benzene rings is 1. The number of esters is 1. The summed E-state index contributed by atoms with van der Waals surface area (Å²) in [5.41, 5.74) is -2.34. The molecule has 124 valence electrons. The van der Waals surface area contributed by atoms with Gasteiger partial charge in [0.25, 0.3) is 0 Å². The molecule has 0 spiro atoms. The third-order valence-corrected chi connectivity index (χ3v) is 3.36. The molecule has 0 bridgehead atoms. The summed E-state index contributed by atoms with van der Waals surface area (Å²) < 4.78 is 62.0. The molecule has 0 aliphatic rings. The van der Waals surface area contributed by atoms with Gasteiger partial charge in [0, 0.05) is 5.56 Å². The zero-order valence-electron chi connectivity index (χ0n) is 12.3. The molecule has 0 amide bonds. The fraction of sp³-hybridized carbons (Fsp3) is 0.500. The Hall–Kier alpha value is -1.31. The van der Waals surface area contributed by atoms with Crippen LogP contribution in [0.5, 0.6) is 5.75 Å². The van der Waals surface area contributed by atoms with Crippen LogP contribution < -0.4 is 4.74 Å². The van der Waals surface area contributed by atoms with Crippen molar-refractivity contribution in [3.8, 4) is 5.75 Å². The lowest BCUT2D eigenvalue weighted by Crippen LogP contribution is -2.26. The molecule has 22 heavy (non-hydrogen) atoms. The summed E-state index contributed by atoms with van der Waals surface area (Å²) in [6.45, 7) is 4.82. The van der Waals surface area contributed by atoms with Gasteiger partial charge in [0.2, 0.25) is 0 Å². The highest BCUT2D eigenvalue weighted by atomic mass is 79.9. The Balaban J connectivity index is 3.32. The molecule has 0 aliphatic carbocycles. The molecule has 0 N–H and O–H groups in total. The Morgan fingerprint density at radius 3 is 2.18 bits per heavy atom. The van der Waals surface area contributed by atoms with Crippen LogP contribution in [-0.2, 0) is 15.7 Å². The summed E-state index contributed by atoms with van der Waals surface area (Å²) in [5.74, 6) is -2.49. The predicted molar refractivity (Wildman–Crippen MR) is 75.5 cm³/mol. The van der Waals surface area contributed by atoms with Gasteiger partial charge in [-0.3, -0.25) is 4.79 Å². The first-order valence-corrected chi connectivity index (χ1v) is 7.10.